The second-order valence-electron chi connectivity index (χ2n) is 8.91. The average molecular weight is 441 g/mol. The molecule has 32 heavy (non-hydrogen) atoms. The van der Waals surface area contributed by atoms with Crippen LogP contribution in [0.25, 0.3) is 0 Å². The maximum atomic E-state index is 11.7. The standard InChI is InChI=1S/C27H36O5/c1-21(2)27(32-20-30-18-24-13-9-6-10-14-24)16-15-22(3)25(26(27,4)28)31-19-29-17-23-11-7-5-8-12-23/h5-14,22,25,28H,1,15-20H2,2-4H3. The molecule has 2 aromatic carbocycles. The highest BCUT2D eigenvalue weighted by Gasteiger charge is 2.58. The third-order valence-corrected chi connectivity index (χ3v) is 6.47. The molecule has 174 valence electrons. The van der Waals surface area contributed by atoms with E-state index in [9.17, 15) is 5.11 Å². The second kappa shape index (κ2) is 11.2. The smallest absolute Gasteiger partial charge is 0.148 e. The van der Waals surface area contributed by atoms with Gasteiger partial charge in [-0.3, -0.25) is 0 Å². The molecule has 0 aromatic heterocycles. The molecule has 0 amide bonds. The molecule has 0 bridgehead atoms. The third-order valence-electron chi connectivity index (χ3n) is 6.47. The van der Waals surface area contributed by atoms with Crippen molar-refractivity contribution in [2.75, 3.05) is 13.6 Å². The van der Waals surface area contributed by atoms with E-state index >= 15 is 0 Å². The van der Waals surface area contributed by atoms with Gasteiger partial charge in [0.15, 0.2) is 0 Å². The zero-order valence-corrected chi connectivity index (χ0v) is 19.5. The average Bonchev–Trinajstić information content (AvgIpc) is 2.78. The van der Waals surface area contributed by atoms with E-state index in [1.165, 1.54) is 0 Å². The van der Waals surface area contributed by atoms with Gasteiger partial charge in [0.25, 0.3) is 0 Å². The normalized spacial score (nSPS) is 27.9. The minimum Gasteiger partial charge on any atom is -0.384 e. The van der Waals surface area contributed by atoms with E-state index in [0.717, 1.165) is 23.1 Å². The van der Waals surface area contributed by atoms with Crippen LogP contribution < -0.4 is 0 Å². The summed E-state index contributed by atoms with van der Waals surface area (Å²) in [6.07, 6.45) is 1.03. The Kier molecular flexibility index (Phi) is 8.63. The van der Waals surface area contributed by atoms with Crippen molar-refractivity contribution in [3.63, 3.8) is 0 Å². The largest absolute Gasteiger partial charge is 0.384 e. The molecule has 0 aliphatic heterocycles. The summed E-state index contributed by atoms with van der Waals surface area (Å²) in [5.74, 6) is 0.145. The lowest BCUT2D eigenvalue weighted by Gasteiger charge is -2.54. The fourth-order valence-corrected chi connectivity index (χ4v) is 4.66. The van der Waals surface area contributed by atoms with E-state index < -0.39 is 17.3 Å². The first-order valence-electron chi connectivity index (χ1n) is 11.2. The van der Waals surface area contributed by atoms with Crippen LogP contribution in [0.15, 0.2) is 72.8 Å². The van der Waals surface area contributed by atoms with E-state index in [2.05, 4.69) is 13.5 Å². The zero-order chi connectivity index (χ0) is 23.0. The van der Waals surface area contributed by atoms with Gasteiger partial charge in [0.05, 0.1) is 19.3 Å². The maximum absolute atomic E-state index is 11.7. The molecule has 4 unspecified atom stereocenters. The molecule has 1 saturated carbocycles. The van der Waals surface area contributed by atoms with Crippen molar-refractivity contribution in [2.24, 2.45) is 5.92 Å². The Hall–Kier alpha value is -2.02. The van der Waals surface area contributed by atoms with Crippen LogP contribution in [0.3, 0.4) is 0 Å². The van der Waals surface area contributed by atoms with Gasteiger partial charge in [0, 0.05) is 0 Å². The molecule has 4 atom stereocenters. The Balaban J connectivity index is 1.60. The van der Waals surface area contributed by atoms with E-state index in [-0.39, 0.29) is 19.5 Å². The van der Waals surface area contributed by atoms with E-state index in [0.29, 0.717) is 19.6 Å². The second-order valence-corrected chi connectivity index (χ2v) is 8.91. The predicted molar refractivity (Wildman–Crippen MR) is 125 cm³/mol. The van der Waals surface area contributed by atoms with Crippen molar-refractivity contribution in [1.82, 2.24) is 0 Å². The van der Waals surface area contributed by atoms with Crippen LogP contribution in [0.5, 0.6) is 0 Å². The van der Waals surface area contributed by atoms with Gasteiger partial charge in [-0.15, -0.1) is 0 Å². The minimum absolute atomic E-state index is 0.0590. The lowest BCUT2D eigenvalue weighted by Crippen LogP contribution is -2.66. The summed E-state index contributed by atoms with van der Waals surface area (Å²) >= 11 is 0. The van der Waals surface area contributed by atoms with Crippen molar-refractivity contribution in [3.05, 3.63) is 83.9 Å². The molecule has 1 aliphatic rings. The molecular weight excluding hydrogens is 404 g/mol. The van der Waals surface area contributed by atoms with E-state index in [1.807, 2.05) is 67.6 Å². The molecule has 2 aromatic rings. The summed E-state index contributed by atoms with van der Waals surface area (Å²) in [5.41, 5.74) is 0.663. The maximum Gasteiger partial charge on any atom is 0.148 e. The van der Waals surface area contributed by atoms with Gasteiger partial charge in [-0.2, -0.15) is 0 Å². The van der Waals surface area contributed by atoms with Gasteiger partial charge in [-0.05, 0) is 49.3 Å². The van der Waals surface area contributed by atoms with Crippen molar-refractivity contribution < 1.29 is 24.1 Å². The first-order chi connectivity index (χ1) is 15.4. The van der Waals surface area contributed by atoms with E-state index in [1.54, 1.807) is 6.92 Å². The molecule has 0 spiro atoms. The van der Waals surface area contributed by atoms with Gasteiger partial charge in [-0.1, -0.05) is 74.2 Å². The van der Waals surface area contributed by atoms with Gasteiger partial charge in [0.1, 0.15) is 24.8 Å². The Morgan fingerprint density at radius 2 is 1.50 bits per heavy atom. The Morgan fingerprint density at radius 1 is 0.969 bits per heavy atom. The summed E-state index contributed by atoms with van der Waals surface area (Å²) in [6.45, 7) is 11.0. The molecule has 1 N–H and O–H groups in total. The highest BCUT2D eigenvalue weighted by atomic mass is 16.7. The summed E-state index contributed by atoms with van der Waals surface area (Å²) in [4.78, 5) is 0. The van der Waals surface area contributed by atoms with Crippen LogP contribution in [0.2, 0.25) is 0 Å². The van der Waals surface area contributed by atoms with Gasteiger partial charge in [0.2, 0.25) is 0 Å². The van der Waals surface area contributed by atoms with Crippen molar-refractivity contribution >= 4 is 0 Å². The molecule has 1 fully saturated rings. The molecule has 1 aliphatic carbocycles. The minimum atomic E-state index is -1.29. The van der Waals surface area contributed by atoms with Crippen molar-refractivity contribution in [1.29, 1.82) is 0 Å². The first kappa shape index (κ1) is 24.6. The topological polar surface area (TPSA) is 57.2 Å². The molecule has 5 heteroatoms. The van der Waals surface area contributed by atoms with Gasteiger partial charge >= 0.3 is 0 Å². The predicted octanol–water partition coefficient (Wildman–Crippen LogP) is 5.23. The number of aliphatic hydroxyl groups is 1. The lowest BCUT2D eigenvalue weighted by atomic mass is 9.64. The summed E-state index contributed by atoms with van der Waals surface area (Å²) in [5, 5.41) is 11.7. The van der Waals surface area contributed by atoms with Crippen molar-refractivity contribution in [2.45, 2.75) is 64.1 Å². The summed E-state index contributed by atoms with van der Waals surface area (Å²) in [7, 11) is 0. The summed E-state index contributed by atoms with van der Waals surface area (Å²) in [6, 6.07) is 19.9. The third kappa shape index (κ3) is 5.66. The highest BCUT2D eigenvalue weighted by Crippen LogP contribution is 2.47. The summed E-state index contributed by atoms with van der Waals surface area (Å²) < 4.78 is 23.8. The fourth-order valence-electron chi connectivity index (χ4n) is 4.66. The van der Waals surface area contributed by atoms with Crippen LogP contribution in [0.4, 0.5) is 0 Å². The molecule has 0 saturated heterocycles. The number of hydrogen-bond donors (Lipinski definition) is 1. The Labute approximate surface area is 192 Å². The quantitative estimate of drug-likeness (QED) is 0.294. The molecule has 0 radical (unpaired) electrons. The molecular formula is C27H36O5. The fraction of sp³-hybridized carbons (Fsp3) is 0.481. The molecule has 3 rings (SSSR count). The number of ether oxygens (including phenoxy) is 4. The van der Waals surface area contributed by atoms with Crippen molar-refractivity contribution in [3.8, 4) is 0 Å². The van der Waals surface area contributed by atoms with Crippen LogP contribution in [-0.2, 0) is 32.2 Å². The number of rotatable bonds is 11. The number of benzene rings is 2. The van der Waals surface area contributed by atoms with Crippen LogP contribution >= 0.6 is 0 Å². The monoisotopic (exact) mass is 440 g/mol. The lowest BCUT2D eigenvalue weighted by molar-refractivity contribution is -0.279. The van der Waals surface area contributed by atoms with Crippen LogP contribution in [0, 0.1) is 5.92 Å². The highest BCUT2D eigenvalue weighted by molar-refractivity contribution is 5.23. The first-order valence-corrected chi connectivity index (χ1v) is 11.2. The SMILES string of the molecule is C=C(C)C1(OCOCc2ccccc2)CCC(C)C(OCOCc2ccccc2)C1(C)O. The van der Waals surface area contributed by atoms with Gasteiger partial charge < -0.3 is 24.1 Å². The Bertz CT molecular complexity index is 836. The molecule has 5 nitrogen and oxygen atoms in total. The number of hydrogen-bond acceptors (Lipinski definition) is 5. The van der Waals surface area contributed by atoms with E-state index in [4.69, 9.17) is 18.9 Å². The van der Waals surface area contributed by atoms with Crippen LogP contribution in [0.1, 0.15) is 44.7 Å². The zero-order valence-electron chi connectivity index (χ0n) is 19.5. The van der Waals surface area contributed by atoms with Gasteiger partial charge in [-0.25, -0.2) is 0 Å². The Morgan fingerprint density at radius 3 is 2.03 bits per heavy atom. The molecule has 0 heterocycles. The van der Waals surface area contributed by atoms with Crippen LogP contribution in [-0.4, -0.2) is 36.0 Å².